The van der Waals surface area contributed by atoms with Crippen molar-refractivity contribution in [2.45, 2.75) is 25.0 Å². The number of carbonyl (C=O) groups excluding carboxylic acids is 1. The summed E-state index contributed by atoms with van der Waals surface area (Å²) in [6.07, 6.45) is 3.39. The number of ether oxygens (including phenoxy) is 2. The second-order valence-corrected chi connectivity index (χ2v) is 5.98. The number of nitrogens with zero attached hydrogens (tertiary/aromatic N) is 1. The van der Waals surface area contributed by atoms with Gasteiger partial charge in [0.05, 0.1) is 19.3 Å². The maximum absolute atomic E-state index is 11.8. The zero-order valence-electron chi connectivity index (χ0n) is 12.2. The Balaban J connectivity index is 2.32. The van der Waals surface area contributed by atoms with Crippen LogP contribution in [0.4, 0.5) is 0 Å². The summed E-state index contributed by atoms with van der Waals surface area (Å²) >= 11 is 1.69. The van der Waals surface area contributed by atoms with Crippen molar-refractivity contribution in [3.63, 3.8) is 0 Å². The van der Waals surface area contributed by atoms with Crippen LogP contribution in [-0.2, 0) is 14.3 Å². The third kappa shape index (κ3) is 7.15. The Morgan fingerprint density at radius 3 is 3.00 bits per heavy atom. The lowest BCUT2D eigenvalue weighted by molar-refractivity contribution is -0.125. The van der Waals surface area contributed by atoms with E-state index in [0.29, 0.717) is 26.2 Å². The van der Waals surface area contributed by atoms with E-state index in [0.717, 1.165) is 18.7 Å². The van der Waals surface area contributed by atoms with E-state index in [9.17, 15) is 4.79 Å². The Kier molecular flexibility index (Phi) is 8.45. The molecule has 0 unspecified atom stereocenters. The number of carbonyl (C=O) groups is 1. The average molecular weight is 290 g/mol. The molecule has 0 radical (unpaired) electrons. The van der Waals surface area contributed by atoms with Gasteiger partial charge in [0.1, 0.15) is 6.10 Å². The van der Waals surface area contributed by atoms with Gasteiger partial charge in [-0.15, -0.1) is 0 Å². The second kappa shape index (κ2) is 9.58. The van der Waals surface area contributed by atoms with Crippen LogP contribution in [0.15, 0.2) is 0 Å². The standard InChI is InChI=1S/C13H26N2O3S/c1-15(2)6-8-18-12-10-17-7-4-11(12)14-13(16)5-9-19-3/h11-12H,4-10H2,1-3H3,(H,14,16)/t11-,12-/m1/s1. The van der Waals surface area contributed by atoms with Gasteiger partial charge < -0.3 is 19.7 Å². The molecule has 0 aromatic heterocycles. The lowest BCUT2D eigenvalue weighted by atomic mass is 10.1. The number of hydrogen-bond acceptors (Lipinski definition) is 5. The lowest BCUT2D eigenvalue weighted by Gasteiger charge is -2.32. The Morgan fingerprint density at radius 2 is 2.32 bits per heavy atom. The average Bonchev–Trinajstić information content (AvgIpc) is 2.38. The fourth-order valence-corrected chi connectivity index (χ4v) is 2.29. The largest absolute Gasteiger partial charge is 0.379 e. The van der Waals surface area contributed by atoms with E-state index in [-0.39, 0.29) is 18.1 Å². The SMILES string of the molecule is CSCCC(=O)N[C@@H]1CCOC[C@H]1OCCN(C)C. The van der Waals surface area contributed by atoms with E-state index in [4.69, 9.17) is 9.47 Å². The molecule has 0 bridgehead atoms. The zero-order valence-corrected chi connectivity index (χ0v) is 13.0. The molecule has 0 spiro atoms. The number of rotatable bonds is 8. The van der Waals surface area contributed by atoms with Gasteiger partial charge in [-0.05, 0) is 26.8 Å². The molecule has 112 valence electrons. The van der Waals surface area contributed by atoms with Crippen molar-refractivity contribution < 1.29 is 14.3 Å². The molecule has 1 aliphatic heterocycles. The van der Waals surface area contributed by atoms with Gasteiger partial charge in [-0.25, -0.2) is 0 Å². The van der Waals surface area contributed by atoms with Gasteiger partial charge in [0.2, 0.25) is 5.91 Å². The summed E-state index contributed by atoms with van der Waals surface area (Å²) in [6, 6.07) is 0.0882. The summed E-state index contributed by atoms with van der Waals surface area (Å²) in [6.45, 7) is 2.81. The van der Waals surface area contributed by atoms with Crippen molar-refractivity contribution in [1.82, 2.24) is 10.2 Å². The second-order valence-electron chi connectivity index (χ2n) is 4.99. The molecule has 0 aromatic carbocycles. The first-order valence-corrected chi connectivity index (χ1v) is 8.15. The van der Waals surface area contributed by atoms with Gasteiger partial charge in [-0.1, -0.05) is 0 Å². The Labute approximate surface area is 120 Å². The lowest BCUT2D eigenvalue weighted by Crippen LogP contribution is -2.50. The minimum atomic E-state index is -0.0214. The van der Waals surface area contributed by atoms with Crippen molar-refractivity contribution in [1.29, 1.82) is 0 Å². The monoisotopic (exact) mass is 290 g/mol. The van der Waals surface area contributed by atoms with Crippen LogP contribution in [0.1, 0.15) is 12.8 Å². The highest BCUT2D eigenvalue weighted by Crippen LogP contribution is 2.12. The summed E-state index contributed by atoms with van der Waals surface area (Å²) in [5.74, 6) is 0.976. The van der Waals surface area contributed by atoms with E-state index in [2.05, 4.69) is 10.2 Å². The minimum absolute atomic E-state index is 0.0214. The normalized spacial score (nSPS) is 23.6. The maximum atomic E-state index is 11.8. The van der Waals surface area contributed by atoms with E-state index >= 15 is 0 Å². The summed E-state index contributed by atoms with van der Waals surface area (Å²) < 4.78 is 11.3. The van der Waals surface area contributed by atoms with Gasteiger partial charge in [0, 0.05) is 25.3 Å². The molecular formula is C13H26N2O3S. The number of amides is 1. The molecular weight excluding hydrogens is 264 g/mol. The zero-order chi connectivity index (χ0) is 14.1. The Bertz CT molecular complexity index is 264. The van der Waals surface area contributed by atoms with Crippen LogP contribution >= 0.6 is 11.8 Å². The fraction of sp³-hybridized carbons (Fsp3) is 0.923. The van der Waals surface area contributed by atoms with Crippen LogP contribution in [0.5, 0.6) is 0 Å². The van der Waals surface area contributed by atoms with Crippen LogP contribution in [0, 0.1) is 0 Å². The van der Waals surface area contributed by atoms with Crippen molar-refractivity contribution >= 4 is 17.7 Å². The molecule has 0 saturated carbocycles. The third-order valence-electron chi connectivity index (χ3n) is 3.05. The molecule has 1 rings (SSSR count). The van der Waals surface area contributed by atoms with Gasteiger partial charge in [-0.2, -0.15) is 11.8 Å². The van der Waals surface area contributed by atoms with Gasteiger partial charge in [-0.3, -0.25) is 4.79 Å². The van der Waals surface area contributed by atoms with Gasteiger partial charge >= 0.3 is 0 Å². The molecule has 2 atom stereocenters. The highest BCUT2D eigenvalue weighted by atomic mass is 32.2. The Morgan fingerprint density at radius 1 is 1.53 bits per heavy atom. The van der Waals surface area contributed by atoms with Crippen LogP contribution in [0.25, 0.3) is 0 Å². The topological polar surface area (TPSA) is 50.8 Å². The molecule has 5 nitrogen and oxygen atoms in total. The predicted molar refractivity (Wildman–Crippen MR) is 78.7 cm³/mol. The molecule has 6 heteroatoms. The third-order valence-corrected chi connectivity index (χ3v) is 3.67. The first-order chi connectivity index (χ1) is 9.13. The molecule has 0 aliphatic carbocycles. The number of nitrogens with one attached hydrogen (secondary N) is 1. The van der Waals surface area contributed by atoms with Crippen molar-refractivity contribution in [3.8, 4) is 0 Å². The number of likely N-dealkylation sites (N-methyl/N-ethyl adjacent to an activating group) is 1. The fourth-order valence-electron chi connectivity index (χ4n) is 1.90. The molecule has 1 saturated heterocycles. The first-order valence-electron chi connectivity index (χ1n) is 6.76. The summed E-state index contributed by atoms with van der Waals surface area (Å²) in [5.41, 5.74) is 0. The van der Waals surface area contributed by atoms with Crippen molar-refractivity contribution in [2.24, 2.45) is 0 Å². The minimum Gasteiger partial charge on any atom is -0.379 e. The molecule has 0 aromatic rings. The van der Waals surface area contributed by atoms with Crippen LogP contribution in [-0.4, -0.2) is 75.4 Å². The van der Waals surface area contributed by atoms with Gasteiger partial charge in [0.25, 0.3) is 0 Å². The summed E-state index contributed by atoms with van der Waals surface area (Å²) in [5, 5.41) is 3.07. The molecule has 1 amide bonds. The summed E-state index contributed by atoms with van der Waals surface area (Å²) in [4.78, 5) is 13.8. The highest BCUT2D eigenvalue weighted by molar-refractivity contribution is 7.98. The Hall–Kier alpha value is -0.300. The van der Waals surface area contributed by atoms with Gasteiger partial charge in [0.15, 0.2) is 0 Å². The smallest absolute Gasteiger partial charge is 0.221 e. The molecule has 19 heavy (non-hydrogen) atoms. The first kappa shape index (κ1) is 16.8. The van der Waals surface area contributed by atoms with Crippen molar-refractivity contribution in [2.75, 3.05) is 52.5 Å². The molecule has 1 fully saturated rings. The molecule has 1 N–H and O–H groups in total. The number of hydrogen-bond donors (Lipinski definition) is 1. The van der Waals surface area contributed by atoms with Crippen LogP contribution < -0.4 is 5.32 Å². The van der Waals surface area contributed by atoms with Crippen molar-refractivity contribution in [3.05, 3.63) is 0 Å². The van der Waals surface area contributed by atoms with E-state index < -0.39 is 0 Å². The van der Waals surface area contributed by atoms with Crippen LogP contribution in [0.3, 0.4) is 0 Å². The summed E-state index contributed by atoms with van der Waals surface area (Å²) in [7, 11) is 4.03. The van der Waals surface area contributed by atoms with E-state index in [1.54, 1.807) is 11.8 Å². The maximum Gasteiger partial charge on any atom is 0.221 e. The molecule has 1 heterocycles. The van der Waals surface area contributed by atoms with E-state index in [1.807, 2.05) is 20.4 Å². The quantitative estimate of drug-likeness (QED) is 0.709. The van der Waals surface area contributed by atoms with Crippen LogP contribution in [0.2, 0.25) is 0 Å². The van der Waals surface area contributed by atoms with E-state index in [1.165, 1.54) is 0 Å². The number of thioether (sulfide) groups is 1. The predicted octanol–water partition coefficient (Wildman–Crippen LogP) is 0.591. The highest BCUT2D eigenvalue weighted by Gasteiger charge is 2.27. The molecule has 1 aliphatic rings.